The van der Waals surface area contributed by atoms with E-state index in [1.54, 1.807) is 36.4 Å². The van der Waals surface area contributed by atoms with Gasteiger partial charge in [-0.15, -0.1) is 23.5 Å². The minimum atomic E-state index is -2.03. The average molecular weight is 735 g/mol. The summed E-state index contributed by atoms with van der Waals surface area (Å²) in [5.74, 6) is 0.847. The number of thioether (sulfide) groups is 2. The van der Waals surface area contributed by atoms with E-state index >= 15 is 0 Å². The van der Waals surface area contributed by atoms with Crippen molar-refractivity contribution in [3.63, 3.8) is 0 Å². The van der Waals surface area contributed by atoms with Crippen LogP contribution in [0.3, 0.4) is 0 Å². The Hall–Kier alpha value is -3.15. The van der Waals surface area contributed by atoms with E-state index in [1.807, 2.05) is 60.7 Å². The Morgan fingerprint density at radius 1 is 0.605 bits per heavy atom. The summed E-state index contributed by atoms with van der Waals surface area (Å²) in [4.78, 5) is 0. The first-order valence-corrected chi connectivity index (χ1v) is 16.7. The van der Waals surface area contributed by atoms with Crippen molar-refractivity contribution >= 4 is 70.0 Å². The fraction of sp³-hybridized carbons (Fsp3) is 0.0667. The quantitative estimate of drug-likeness (QED) is 0.0606. The van der Waals surface area contributed by atoms with Crippen LogP contribution in [-0.4, -0.2) is 21.2 Å². The molecule has 0 saturated heterocycles. The molecule has 0 heterocycles. The maximum atomic E-state index is 13.3. The molecular formula is C30H24F2MoN4O2S4. The van der Waals surface area contributed by atoms with Crippen molar-refractivity contribution in [2.45, 2.75) is 11.5 Å². The molecule has 43 heavy (non-hydrogen) atoms. The molecular weight excluding hydrogens is 711 g/mol. The van der Waals surface area contributed by atoms with Crippen molar-refractivity contribution in [2.24, 2.45) is 20.4 Å². The molecule has 13 heteroatoms. The van der Waals surface area contributed by atoms with Crippen molar-refractivity contribution < 1.29 is 34.1 Å². The first-order valence-electron chi connectivity index (χ1n) is 12.2. The van der Waals surface area contributed by atoms with Crippen molar-refractivity contribution in [3.05, 3.63) is 143 Å². The van der Waals surface area contributed by atoms with Crippen LogP contribution in [-0.2, 0) is 62.0 Å². The normalized spacial score (nSPS) is 11.3. The Morgan fingerprint density at radius 2 is 0.930 bits per heavy atom. The van der Waals surface area contributed by atoms with Gasteiger partial charge in [-0.3, -0.25) is 0 Å². The standard InChI is InChI=1S/2C15H13FN2S2.Mo.2O/c2*16-14-9-5-4-8-13(14)10-17-18-15(19)20-11-12-6-2-1-3-7-12;;;/h2*1-10H,11H2,(H,18,19);;;/q;;+2;;/p-2/b2*17-10-;;;. The van der Waals surface area contributed by atoms with Gasteiger partial charge in [0.15, 0.2) is 0 Å². The molecule has 0 aliphatic heterocycles. The summed E-state index contributed by atoms with van der Waals surface area (Å²) in [6.07, 6.45) is 2.73. The molecule has 0 atom stereocenters. The predicted molar refractivity (Wildman–Crippen MR) is 174 cm³/mol. The zero-order valence-electron chi connectivity index (χ0n) is 22.4. The van der Waals surface area contributed by atoms with Crippen LogP contribution in [0.15, 0.2) is 130 Å². The molecule has 4 rings (SSSR count). The first kappa shape index (κ1) is 36.0. The van der Waals surface area contributed by atoms with Gasteiger partial charge in [-0.1, -0.05) is 97.1 Å². The van der Waals surface area contributed by atoms with Crippen LogP contribution < -0.4 is 0 Å². The van der Waals surface area contributed by atoms with Crippen LogP contribution in [0.2, 0.25) is 0 Å². The van der Waals surface area contributed by atoms with Gasteiger partial charge in [0.05, 0.1) is 12.4 Å². The van der Waals surface area contributed by atoms with E-state index in [2.05, 4.69) is 20.4 Å². The third kappa shape index (κ3) is 16.3. The van der Waals surface area contributed by atoms with Gasteiger partial charge in [-0.05, 0) is 32.0 Å². The monoisotopic (exact) mass is 736 g/mol. The van der Waals surface area contributed by atoms with E-state index in [1.165, 1.54) is 59.2 Å². The molecule has 0 fully saturated rings. The van der Waals surface area contributed by atoms with Crippen LogP contribution in [0.1, 0.15) is 22.3 Å². The van der Waals surface area contributed by atoms with E-state index in [-0.39, 0.29) is 11.6 Å². The number of hydrogen-bond acceptors (Lipinski definition) is 10. The van der Waals surface area contributed by atoms with Crippen LogP contribution in [0, 0.1) is 11.6 Å². The van der Waals surface area contributed by atoms with Gasteiger partial charge in [0.25, 0.3) is 0 Å². The summed E-state index contributed by atoms with van der Waals surface area (Å²) >= 11 is 11.0. The number of hydrogen-bond donors (Lipinski definition) is 0. The number of halogens is 2. The van der Waals surface area contributed by atoms with E-state index in [0.29, 0.717) is 19.9 Å². The van der Waals surface area contributed by atoms with Gasteiger partial charge < -0.3 is 25.3 Å². The molecule has 0 saturated carbocycles. The molecule has 4 aromatic carbocycles. The summed E-state index contributed by atoms with van der Waals surface area (Å²) in [5.41, 5.74) is 3.14. The van der Waals surface area contributed by atoms with Crippen molar-refractivity contribution in [2.75, 3.05) is 0 Å². The number of nitrogens with zero attached hydrogens (tertiary/aromatic N) is 4. The molecule has 0 unspecified atom stereocenters. The zero-order valence-corrected chi connectivity index (χ0v) is 27.6. The van der Waals surface area contributed by atoms with E-state index < -0.39 is 18.5 Å². The Balaban J connectivity index is 0.000000275. The summed E-state index contributed by atoms with van der Waals surface area (Å²) in [7, 11) is 0. The fourth-order valence-electron chi connectivity index (χ4n) is 2.93. The Kier molecular flexibility index (Phi) is 18.8. The molecule has 0 radical (unpaired) electrons. The Morgan fingerprint density at radius 3 is 1.28 bits per heavy atom. The molecule has 6 nitrogen and oxygen atoms in total. The molecule has 220 valence electrons. The van der Waals surface area contributed by atoms with Crippen LogP contribution in [0.5, 0.6) is 0 Å². The Labute approximate surface area is 277 Å². The second kappa shape index (κ2) is 22.4. The van der Waals surface area contributed by atoms with Gasteiger partial charge in [0, 0.05) is 22.6 Å². The van der Waals surface area contributed by atoms with Crippen molar-refractivity contribution in [3.8, 4) is 0 Å². The number of benzene rings is 4. The fourth-order valence-corrected chi connectivity index (χ4v) is 4.56. The molecule has 0 aliphatic carbocycles. The first-order chi connectivity index (χ1) is 20.9. The SMILES string of the molecule is Fc1ccccc1/C=N\N=C(/[S-])SCc1ccccc1.Fc1ccccc1/C=N\N=C(/[S-])SCc1ccccc1.[O]=[Mo+2]=[O]. The maximum absolute atomic E-state index is 13.3. The topological polar surface area (TPSA) is 83.6 Å². The summed E-state index contributed by atoms with van der Waals surface area (Å²) in [5, 5.41) is 15.4. The molecule has 0 N–H and O–H groups in total. The summed E-state index contributed by atoms with van der Waals surface area (Å²) < 4.78 is 44.5. The van der Waals surface area contributed by atoms with E-state index in [9.17, 15) is 8.78 Å². The molecule has 0 spiro atoms. The number of rotatable bonds is 8. The van der Waals surface area contributed by atoms with E-state index in [4.69, 9.17) is 32.1 Å². The third-order valence-corrected chi connectivity index (χ3v) is 7.38. The third-order valence-electron chi connectivity index (χ3n) is 4.89. The average Bonchev–Trinajstić information content (AvgIpc) is 3.03. The van der Waals surface area contributed by atoms with Gasteiger partial charge >= 0.3 is 25.3 Å². The van der Waals surface area contributed by atoms with Gasteiger partial charge in [-0.25, -0.2) is 8.78 Å². The molecule has 4 aromatic rings. The van der Waals surface area contributed by atoms with Crippen molar-refractivity contribution in [1.29, 1.82) is 0 Å². The minimum absolute atomic E-state index is 0.325. The van der Waals surface area contributed by atoms with E-state index in [0.717, 1.165) is 11.5 Å². The summed E-state index contributed by atoms with van der Waals surface area (Å²) in [6.45, 7) is 0. The van der Waals surface area contributed by atoms with Crippen LogP contribution >= 0.6 is 23.5 Å². The van der Waals surface area contributed by atoms with Gasteiger partial charge in [0.1, 0.15) is 11.6 Å². The predicted octanol–water partition coefficient (Wildman–Crippen LogP) is 7.75. The molecule has 0 aromatic heterocycles. The molecule has 0 amide bonds. The van der Waals surface area contributed by atoms with Gasteiger partial charge in [-0.2, -0.15) is 20.4 Å². The zero-order chi connectivity index (χ0) is 31.1. The molecule has 0 aliphatic rings. The van der Waals surface area contributed by atoms with Crippen LogP contribution in [0.4, 0.5) is 8.78 Å². The van der Waals surface area contributed by atoms with Crippen molar-refractivity contribution in [1.82, 2.24) is 0 Å². The Bertz CT molecular complexity index is 1440. The second-order valence-corrected chi connectivity index (χ2v) is 11.4. The van der Waals surface area contributed by atoms with Gasteiger partial charge in [0.2, 0.25) is 0 Å². The molecule has 0 bridgehead atoms. The second-order valence-electron chi connectivity index (χ2n) is 7.88. The van der Waals surface area contributed by atoms with Crippen LogP contribution in [0.25, 0.3) is 0 Å². The summed E-state index contributed by atoms with van der Waals surface area (Å²) in [6, 6.07) is 32.7.